The number of carbonyl (C=O) groups excluding carboxylic acids is 1. The lowest BCUT2D eigenvalue weighted by Gasteiger charge is -2.30. The average Bonchev–Trinajstić information content (AvgIpc) is 2.89. The molecule has 4 N–H and O–H groups in total. The van der Waals surface area contributed by atoms with Gasteiger partial charge in [-0.2, -0.15) is 0 Å². The van der Waals surface area contributed by atoms with E-state index < -0.39 is 5.41 Å². The Morgan fingerprint density at radius 1 is 1.48 bits per heavy atom. The summed E-state index contributed by atoms with van der Waals surface area (Å²) in [7, 11) is 0. The lowest BCUT2D eigenvalue weighted by Crippen LogP contribution is -2.49. The van der Waals surface area contributed by atoms with E-state index in [2.05, 4.69) is 15.6 Å². The molecule has 0 bridgehead atoms. The second kappa shape index (κ2) is 7.66. The van der Waals surface area contributed by atoms with Crippen molar-refractivity contribution in [1.82, 2.24) is 10.5 Å². The number of carbonyl (C=O) groups is 1. The molecule has 21 heavy (non-hydrogen) atoms. The second-order valence-electron chi connectivity index (χ2n) is 5.18. The van der Waals surface area contributed by atoms with Crippen molar-refractivity contribution in [3.63, 3.8) is 0 Å². The van der Waals surface area contributed by atoms with E-state index in [1.165, 1.54) is 0 Å². The van der Waals surface area contributed by atoms with Crippen LogP contribution in [0, 0.1) is 12.3 Å². The van der Waals surface area contributed by atoms with E-state index in [1.54, 1.807) is 6.07 Å². The standard InChI is InChI=1S/C14H24N4O3/c1-4-6-14(7-5-2,12(15)17-20)13(19)16-9-11-8-10(3)18-21-11/h8,20H,4-7,9H2,1-3H3,(H2,15,17)(H,16,19). The molecule has 0 saturated carbocycles. The van der Waals surface area contributed by atoms with Crippen LogP contribution in [-0.2, 0) is 11.3 Å². The van der Waals surface area contributed by atoms with Crippen molar-refractivity contribution in [2.45, 2.75) is 53.0 Å². The summed E-state index contributed by atoms with van der Waals surface area (Å²) in [6.45, 7) is 5.96. The molecule has 0 aromatic carbocycles. The molecule has 0 saturated heterocycles. The molecular formula is C14H24N4O3. The molecule has 1 heterocycles. The molecular weight excluding hydrogens is 272 g/mol. The highest BCUT2D eigenvalue weighted by Gasteiger charge is 2.41. The Morgan fingerprint density at radius 2 is 2.10 bits per heavy atom. The number of aryl methyl sites for hydroxylation is 1. The zero-order chi connectivity index (χ0) is 15.9. The van der Waals surface area contributed by atoms with Gasteiger partial charge in [-0.05, 0) is 19.8 Å². The number of amides is 1. The molecule has 0 spiro atoms. The number of oxime groups is 1. The molecule has 1 amide bonds. The minimum Gasteiger partial charge on any atom is -0.409 e. The first-order valence-corrected chi connectivity index (χ1v) is 7.18. The zero-order valence-electron chi connectivity index (χ0n) is 12.8. The molecule has 0 atom stereocenters. The lowest BCUT2D eigenvalue weighted by atomic mass is 9.77. The van der Waals surface area contributed by atoms with Gasteiger partial charge in [0.1, 0.15) is 5.41 Å². The quantitative estimate of drug-likeness (QED) is 0.293. The molecule has 7 nitrogen and oxygen atoms in total. The van der Waals surface area contributed by atoms with E-state index in [0.717, 1.165) is 18.5 Å². The molecule has 1 aromatic heterocycles. The Hall–Kier alpha value is -2.05. The average molecular weight is 296 g/mol. The fraction of sp³-hybridized carbons (Fsp3) is 0.643. The van der Waals surface area contributed by atoms with Crippen molar-refractivity contribution in [3.8, 4) is 0 Å². The summed E-state index contributed by atoms with van der Waals surface area (Å²) in [5.41, 5.74) is 5.58. The van der Waals surface area contributed by atoms with Crippen molar-refractivity contribution in [2.75, 3.05) is 0 Å². The van der Waals surface area contributed by atoms with Crippen LogP contribution in [-0.4, -0.2) is 22.1 Å². The van der Waals surface area contributed by atoms with Crippen molar-refractivity contribution in [1.29, 1.82) is 0 Å². The van der Waals surface area contributed by atoms with Gasteiger partial charge in [-0.1, -0.05) is 37.0 Å². The third kappa shape index (κ3) is 3.96. The lowest BCUT2D eigenvalue weighted by molar-refractivity contribution is -0.128. The maximum atomic E-state index is 12.6. The van der Waals surface area contributed by atoms with Gasteiger partial charge in [-0.25, -0.2) is 0 Å². The van der Waals surface area contributed by atoms with Crippen molar-refractivity contribution >= 4 is 11.7 Å². The second-order valence-corrected chi connectivity index (χ2v) is 5.18. The Labute approximate surface area is 124 Å². The van der Waals surface area contributed by atoms with Gasteiger partial charge in [-0.3, -0.25) is 4.79 Å². The molecule has 0 unspecified atom stereocenters. The van der Waals surface area contributed by atoms with Gasteiger partial charge in [0.05, 0.1) is 12.2 Å². The van der Waals surface area contributed by atoms with E-state index in [1.807, 2.05) is 20.8 Å². The first-order chi connectivity index (χ1) is 10.00. The Bertz CT molecular complexity index is 490. The fourth-order valence-electron chi connectivity index (χ4n) is 2.51. The number of aromatic nitrogens is 1. The number of hydrogen-bond donors (Lipinski definition) is 3. The predicted octanol–water partition coefficient (Wildman–Crippen LogP) is 1.93. The predicted molar refractivity (Wildman–Crippen MR) is 78.7 cm³/mol. The molecule has 0 aliphatic carbocycles. The maximum absolute atomic E-state index is 12.6. The van der Waals surface area contributed by atoms with E-state index in [4.69, 9.17) is 15.5 Å². The third-order valence-corrected chi connectivity index (χ3v) is 3.49. The summed E-state index contributed by atoms with van der Waals surface area (Å²) in [5, 5.41) is 18.7. The summed E-state index contributed by atoms with van der Waals surface area (Å²) in [4.78, 5) is 12.6. The van der Waals surface area contributed by atoms with E-state index in [-0.39, 0.29) is 18.3 Å². The number of nitrogens with one attached hydrogen (secondary N) is 1. The van der Waals surface area contributed by atoms with E-state index in [0.29, 0.717) is 18.6 Å². The molecule has 0 fully saturated rings. The number of nitrogens with two attached hydrogens (primary N) is 1. The van der Waals surface area contributed by atoms with Crippen LogP contribution in [0.25, 0.3) is 0 Å². The Morgan fingerprint density at radius 3 is 2.52 bits per heavy atom. The van der Waals surface area contributed by atoms with Gasteiger partial charge >= 0.3 is 0 Å². The number of nitrogens with zero attached hydrogens (tertiary/aromatic N) is 2. The maximum Gasteiger partial charge on any atom is 0.234 e. The molecule has 0 aliphatic heterocycles. The van der Waals surface area contributed by atoms with Crippen LogP contribution in [0.4, 0.5) is 0 Å². The molecule has 0 radical (unpaired) electrons. The number of rotatable bonds is 8. The highest BCUT2D eigenvalue weighted by atomic mass is 16.5. The number of amidine groups is 1. The fourth-order valence-corrected chi connectivity index (χ4v) is 2.51. The monoisotopic (exact) mass is 296 g/mol. The molecule has 1 aromatic rings. The smallest absolute Gasteiger partial charge is 0.234 e. The molecule has 1 rings (SSSR count). The van der Waals surface area contributed by atoms with E-state index >= 15 is 0 Å². The van der Waals surface area contributed by atoms with Gasteiger partial charge in [0.15, 0.2) is 11.6 Å². The summed E-state index contributed by atoms with van der Waals surface area (Å²) >= 11 is 0. The van der Waals surface area contributed by atoms with Crippen LogP contribution < -0.4 is 11.1 Å². The summed E-state index contributed by atoms with van der Waals surface area (Å²) in [6.07, 6.45) is 2.56. The van der Waals surface area contributed by atoms with Gasteiger partial charge in [0, 0.05) is 6.07 Å². The first-order valence-electron chi connectivity index (χ1n) is 7.18. The largest absolute Gasteiger partial charge is 0.409 e. The normalized spacial score (nSPS) is 12.4. The van der Waals surface area contributed by atoms with Crippen LogP contribution in [0.3, 0.4) is 0 Å². The molecule has 0 aliphatic rings. The molecule has 7 heteroatoms. The number of hydrogen-bond acceptors (Lipinski definition) is 5. The molecule has 118 valence electrons. The van der Waals surface area contributed by atoms with Crippen molar-refractivity contribution in [2.24, 2.45) is 16.3 Å². The van der Waals surface area contributed by atoms with Crippen LogP contribution in [0.1, 0.15) is 51.0 Å². The van der Waals surface area contributed by atoms with Gasteiger partial charge in [0.2, 0.25) is 5.91 Å². The van der Waals surface area contributed by atoms with Gasteiger partial charge in [-0.15, -0.1) is 0 Å². The van der Waals surface area contributed by atoms with Crippen molar-refractivity contribution in [3.05, 3.63) is 17.5 Å². The summed E-state index contributed by atoms with van der Waals surface area (Å²) in [5.74, 6) is 0.273. The Balaban J connectivity index is 2.88. The SMILES string of the molecule is CCCC(CCC)(C(=O)NCc1cc(C)no1)C(N)=NO. The van der Waals surface area contributed by atoms with Crippen LogP contribution in [0.15, 0.2) is 15.7 Å². The third-order valence-electron chi connectivity index (χ3n) is 3.49. The van der Waals surface area contributed by atoms with Gasteiger partial charge in [0.25, 0.3) is 0 Å². The van der Waals surface area contributed by atoms with Crippen LogP contribution in [0.2, 0.25) is 0 Å². The van der Waals surface area contributed by atoms with Crippen LogP contribution in [0.5, 0.6) is 0 Å². The highest BCUT2D eigenvalue weighted by molar-refractivity contribution is 6.06. The Kier molecular flexibility index (Phi) is 6.20. The zero-order valence-corrected chi connectivity index (χ0v) is 12.8. The highest BCUT2D eigenvalue weighted by Crippen LogP contribution is 2.31. The summed E-state index contributed by atoms with van der Waals surface area (Å²) < 4.78 is 5.06. The minimum absolute atomic E-state index is 0.0440. The first kappa shape index (κ1) is 17.0. The van der Waals surface area contributed by atoms with E-state index in [9.17, 15) is 4.79 Å². The van der Waals surface area contributed by atoms with Crippen molar-refractivity contribution < 1.29 is 14.5 Å². The topological polar surface area (TPSA) is 114 Å². The summed E-state index contributed by atoms with van der Waals surface area (Å²) in [6, 6.07) is 1.76. The van der Waals surface area contributed by atoms with Gasteiger partial charge < -0.3 is 20.8 Å². The van der Waals surface area contributed by atoms with Crippen LogP contribution >= 0.6 is 0 Å². The minimum atomic E-state index is -0.979.